The fourth-order valence-corrected chi connectivity index (χ4v) is 1.83. The minimum Gasteiger partial charge on any atom is -0.452 e. The minimum absolute atomic E-state index is 0.143. The molecule has 1 aromatic carbocycles. The Hall–Kier alpha value is -2.90. The van der Waals surface area contributed by atoms with Gasteiger partial charge in [0.2, 0.25) is 0 Å². The van der Waals surface area contributed by atoms with Gasteiger partial charge in [0, 0.05) is 11.9 Å². The van der Waals surface area contributed by atoms with Crippen molar-refractivity contribution in [1.29, 1.82) is 0 Å². The number of aromatic nitrogens is 1. The van der Waals surface area contributed by atoms with Crippen LogP contribution in [0.3, 0.4) is 0 Å². The first-order valence-electron chi connectivity index (χ1n) is 6.83. The van der Waals surface area contributed by atoms with Gasteiger partial charge in [-0.3, -0.25) is 9.78 Å². The molecule has 0 bridgehead atoms. The summed E-state index contributed by atoms with van der Waals surface area (Å²) in [6.07, 6.45) is -3.32. The van der Waals surface area contributed by atoms with Gasteiger partial charge in [0.1, 0.15) is 0 Å². The number of ether oxygens (including phenoxy) is 1. The molecule has 0 aliphatic carbocycles. The van der Waals surface area contributed by atoms with Gasteiger partial charge in [0.05, 0.1) is 16.8 Å². The van der Waals surface area contributed by atoms with E-state index in [1.54, 1.807) is 13.0 Å². The number of pyridine rings is 1. The topological polar surface area (TPSA) is 68.3 Å². The highest BCUT2D eigenvalue weighted by molar-refractivity contribution is 5.95. The number of carbonyl (C=O) groups excluding carboxylic acids is 2. The van der Waals surface area contributed by atoms with Crippen LogP contribution in [0.15, 0.2) is 42.6 Å². The van der Waals surface area contributed by atoms with E-state index in [1.807, 2.05) is 0 Å². The number of rotatable bonds is 4. The molecule has 0 fully saturated rings. The summed E-state index contributed by atoms with van der Waals surface area (Å²) in [6.45, 7) is 1.03. The third kappa shape index (κ3) is 4.55. The van der Waals surface area contributed by atoms with Crippen LogP contribution < -0.4 is 5.32 Å². The van der Waals surface area contributed by atoms with Gasteiger partial charge in [0.25, 0.3) is 5.91 Å². The minimum atomic E-state index is -4.60. The highest BCUT2D eigenvalue weighted by Crippen LogP contribution is 2.34. The molecule has 0 atom stereocenters. The Morgan fingerprint density at radius 2 is 1.88 bits per heavy atom. The van der Waals surface area contributed by atoms with Crippen molar-refractivity contribution in [3.8, 4) is 0 Å². The number of esters is 1. The second kappa shape index (κ2) is 7.12. The van der Waals surface area contributed by atoms with Crippen molar-refractivity contribution in [1.82, 2.24) is 4.98 Å². The van der Waals surface area contributed by atoms with E-state index in [2.05, 4.69) is 10.3 Å². The molecule has 2 rings (SSSR count). The number of alkyl halides is 3. The molecule has 0 saturated heterocycles. The summed E-state index contributed by atoms with van der Waals surface area (Å²) >= 11 is 0. The predicted octanol–water partition coefficient (Wildman–Crippen LogP) is 3.20. The molecule has 1 amide bonds. The molecule has 0 radical (unpaired) electrons. The van der Waals surface area contributed by atoms with Crippen LogP contribution in [0, 0.1) is 6.92 Å². The van der Waals surface area contributed by atoms with Crippen LogP contribution in [0.1, 0.15) is 21.6 Å². The first-order chi connectivity index (χ1) is 11.3. The summed E-state index contributed by atoms with van der Waals surface area (Å²) in [6, 6.07) is 7.60. The number of benzene rings is 1. The molecule has 5 nitrogen and oxygen atoms in total. The van der Waals surface area contributed by atoms with E-state index in [9.17, 15) is 22.8 Å². The average Bonchev–Trinajstić information content (AvgIpc) is 2.53. The summed E-state index contributed by atoms with van der Waals surface area (Å²) in [5.41, 5.74) is -0.535. The van der Waals surface area contributed by atoms with E-state index >= 15 is 0 Å². The lowest BCUT2D eigenvalue weighted by Gasteiger charge is -2.13. The van der Waals surface area contributed by atoms with Crippen LogP contribution in [0.2, 0.25) is 0 Å². The molecule has 0 unspecified atom stereocenters. The predicted molar refractivity (Wildman–Crippen MR) is 79.3 cm³/mol. The molecule has 24 heavy (non-hydrogen) atoms. The van der Waals surface area contributed by atoms with Gasteiger partial charge in [-0.1, -0.05) is 12.1 Å². The highest BCUT2D eigenvalue weighted by Gasteiger charge is 2.33. The van der Waals surface area contributed by atoms with Gasteiger partial charge in [-0.2, -0.15) is 13.2 Å². The average molecular weight is 338 g/mol. The summed E-state index contributed by atoms with van der Waals surface area (Å²) < 4.78 is 43.2. The zero-order valence-corrected chi connectivity index (χ0v) is 12.6. The van der Waals surface area contributed by atoms with E-state index in [-0.39, 0.29) is 5.56 Å². The Morgan fingerprint density at radius 1 is 1.17 bits per heavy atom. The van der Waals surface area contributed by atoms with Gasteiger partial charge < -0.3 is 10.1 Å². The van der Waals surface area contributed by atoms with Crippen LogP contribution in [-0.2, 0) is 15.7 Å². The monoisotopic (exact) mass is 338 g/mol. The number of nitrogens with zero attached hydrogens (tertiary/aromatic N) is 1. The second-order valence-electron chi connectivity index (χ2n) is 4.86. The normalized spacial score (nSPS) is 11.0. The van der Waals surface area contributed by atoms with Gasteiger partial charge in [-0.25, -0.2) is 4.79 Å². The fraction of sp³-hybridized carbons (Fsp3) is 0.188. The van der Waals surface area contributed by atoms with Gasteiger partial charge in [-0.15, -0.1) is 0 Å². The Labute approximate surface area is 135 Å². The maximum atomic E-state index is 12.8. The molecule has 0 spiro atoms. The zero-order chi connectivity index (χ0) is 17.7. The molecule has 8 heteroatoms. The fourth-order valence-electron chi connectivity index (χ4n) is 1.83. The molecule has 0 aliphatic rings. The molecule has 2 aromatic rings. The Morgan fingerprint density at radius 3 is 2.50 bits per heavy atom. The number of carbonyl (C=O) groups is 2. The summed E-state index contributed by atoms with van der Waals surface area (Å²) in [4.78, 5) is 27.3. The maximum Gasteiger partial charge on any atom is 0.418 e. The van der Waals surface area contributed by atoms with Crippen molar-refractivity contribution in [2.45, 2.75) is 13.1 Å². The molecular formula is C16H13F3N2O3. The van der Waals surface area contributed by atoms with Crippen molar-refractivity contribution < 1.29 is 27.5 Å². The standard InChI is InChI=1S/C16H13F3N2O3/c1-10-6-7-11(8-20-10)15(23)24-9-14(22)21-13-5-3-2-4-12(13)16(17,18)19/h2-8H,9H2,1H3,(H,21,22). The van der Waals surface area contributed by atoms with Crippen molar-refractivity contribution in [3.63, 3.8) is 0 Å². The summed E-state index contributed by atoms with van der Waals surface area (Å²) in [5, 5.41) is 2.08. The smallest absolute Gasteiger partial charge is 0.418 e. The van der Waals surface area contributed by atoms with Gasteiger partial charge in [0.15, 0.2) is 6.61 Å². The first kappa shape index (κ1) is 17.5. The number of aryl methyl sites for hydroxylation is 1. The number of hydrogen-bond donors (Lipinski definition) is 1. The number of para-hydroxylation sites is 1. The largest absolute Gasteiger partial charge is 0.452 e. The van der Waals surface area contributed by atoms with Crippen LogP contribution in [0.4, 0.5) is 18.9 Å². The van der Waals surface area contributed by atoms with E-state index in [0.717, 1.165) is 12.1 Å². The summed E-state index contributed by atoms with van der Waals surface area (Å²) in [7, 11) is 0. The van der Waals surface area contributed by atoms with Gasteiger partial charge >= 0.3 is 12.1 Å². The van der Waals surface area contributed by atoms with E-state index < -0.39 is 35.9 Å². The van der Waals surface area contributed by atoms with E-state index in [0.29, 0.717) is 5.69 Å². The van der Waals surface area contributed by atoms with Crippen molar-refractivity contribution in [2.75, 3.05) is 11.9 Å². The molecule has 0 aliphatic heterocycles. The molecule has 1 N–H and O–H groups in total. The lowest BCUT2D eigenvalue weighted by Crippen LogP contribution is -2.22. The second-order valence-corrected chi connectivity index (χ2v) is 4.86. The SMILES string of the molecule is Cc1ccc(C(=O)OCC(=O)Nc2ccccc2C(F)(F)F)cn1. The number of nitrogens with one attached hydrogen (secondary N) is 1. The summed E-state index contributed by atoms with van der Waals surface area (Å²) in [5.74, 6) is -1.66. The van der Waals surface area contributed by atoms with Crippen LogP contribution in [0.5, 0.6) is 0 Å². The number of hydrogen-bond acceptors (Lipinski definition) is 4. The molecular weight excluding hydrogens is 325 g/mol. The lowest BCUT2D eigenvalue weighted by molar-refractivity contribution is -0.137. The highest BCUT2D eigenvalue weighted by atomic mass is 19.4. The van der Waals surface area contributed by atoms with E-state index in [1.165, 1.54) is 24.4 Å². The van der Waals surface area contributed by atoms with E-state index in [4.69, 9.17) is 4.74 Å². The van der Waals surface area contributed by atoms with Crippen LogP contribution in [0.25, 0.3) is 0 Å². The molecule has 1 aromatic heterocycles. The Balaban J connectivity index is 1.97. The zero-order valence-electron chi connectivity index (χ0n) is 12.6. The van der Waals surface area contributed by atoms with Crippen molar-refractivity contribution >= 4 is 17.6 Å². The van der Waals surface area contributed by atoms with Crippen LogP contribution >= 0.6 is 0 Å². The number of halogens is 3. The number of anilines is 1. The first-order valence-corrected chi connectivity index (χ1v) is 6.83. The van der Waals surface area contributed by atoms with Gasteiger partial charge in [-0.05, 0) is 31.2 Å². The lowest BCUT2D eigenvalue weighted by atomic mass is 10.1. The molecule has 0 saturated carbocycles. The molecule has 126 valence electrons. The number of amides is 1. The quantitative estimate of drug-likeness (QED) is 0.869. The Kier molecular flexibility index (Phi) is 5.18. The van der Waals surface area contributed by atoms with Crippen molar-refractivity contribution in [2.24, 2.45) is 0 Å². The third-order valence-corrected chi connectivity index (χ3v) is 2.99. The van der Waals surface area contributed by atoms with Crippen LogP contribution in [-0.4, -0.2) is 23.5 Å². The van der Waals surface area contributed by atoms with Crippen molar-refractivity contribution in [3.05, 3.63) is 59.4 Å². The third-order valence-electron chi connectivity index (χ3n) is 2.99. The Bertz CT molecular complexity index is 743. The maximum absolute atomic E-state index is 12.8. The molecule has 1 heterocycles.